The molecule has 5 aromatic heterocycles. The van der Waals surface area contributed by atoms with Crippen molar-refractivity contribution in [2.45, 2.75) is 48.5 Å². The lowest BCUT2D eigenvalue weighted by atomic mass is 10.1. The first kappa shape index (κ1) is 60.4. The van der Waals surface area contributed by atoms with Crippen molar-refractivity contribution in [2.24, 2.45) is 0 Å². The van der Waals surface area contributed by atoms with Crippen molar-refractivity contribution in [3.05, 3.63) is 115 Å². The minimum absolute atomic E-state index is 0.0370. The number of ether oxygens (including phenoxy) is 7. The number of ketones is 2. The lowest BCUT2D eigenvalue weighted by Gasteiger charge is -2.08. The summed E-state index contributed by atoms with van der Waals surface area (Å²) in [6.07, 6.45) is 7.24. The monoisotopic (exact) mass is 1100 g/mol. The van der Waals surface area contributed by atoms with E-state index in [1.165, 1.54) is 77.1 Å². The van der Waals surface area contributed by atoms with E-state index in [0.717, 1.165) is 0 Å². The van der Waals surface area contributed by atoms with Crippen LogP contribution in [0, 0.1) is 0 Å². The Balaban J connectivity index is 0.000000439. The topological polar surface area (TPSA) is 309 Å². The molecule has 3 N–H and O–H groups in total. The number of hydrogen-bond acceptors (Lipinski definition) is 19. The molecule has 24 heteroatoms. The quantitative estimate of drug-likeness (QED) is 0.0586. The molecule has 5 aromatic rings. The van der Waals surface area contributed by atoms with E-state index in [-0.39, 0.29) is 62.9 Å². The van der Waals surface area contributed by atoms with E-state index in [9.17, 15) is 33.6 Å². The van der Waals surface area contributed by atoms with Crippen LogP contribution in [-0.4, -0.2) is 129 Å². The molecule has 376 valence electrons. The number of hydrogen-bond donors (Lipinski definition) is 3. The Morgan fingerprint density at radius 2 is 0.757 bits per heavy atom. The van der Waals surface area contributed by atoms with Crippen molar-refractivity contribution in [1.29, 1.82) is 0 Å². The predicted octanol–water partition coefficient (Wildman–Crippen LogP) is 8.00. The third-order valence-corrected chi connectivity index (χ3v) is 8.70. The van der Waals surface area contributed by atoms with Gasteiger partial charge in [0.05, 0.1) is 47.3 Å². The van der Waals surface area contributed by atoms with Gasteiger partial charge < -0.3 is 48.5 Å². The van der Waals surface area contributed by atoms with Gasteiger partial charge in [-0.2, -0.15) is 0 Å². The summed E-state index contributed by atoms with van der Waals surface area (Å²) in [5, 5.41) is 26.3. The van der Waals surface area contributed by atoms with Crippen molar-refractivity contribution in [1.82, 2.24) is 24.9 Å². The lowest BCUT2D eigenvalue weighted by molar-refractivity contribution is 0.0585. The van der Waals surface area contributed by atoms with Gasteiger partial charge in [0.2, 0.25) is 29.4 Å². The Morgan fingerprint density at radius 3 is 1.10 bits per heavy atom. The summed E-state index contributed by atoms with van der Waals surface area (Å²) in [5.74, 6) is -3.81. The first-order chi connectivity index (χ1) is 33.2. The minimum Gasteiger partial charge on any atom is -0.477 e. The van der Waals surface area contributed by atoms with Gasteiger partial charge in [-0.15, -0.1) is 0 Å². The molecule has 5 heterocycles. The molecular formula is C46H51Br2N5O17. The fourth-order valence-electron chi connectivity index (χ4n) is 4.77. The summed E-state index contributed by atoms with van der Waals surface area (Å²) in [5.41, 5.74) is 1.17. The zero-order valence-corrected chi connectivity index (χ0v) is 42.6. The molecule has 0 bridgehead atoms. The average Bonchev–Trinajstić information content (AvgIpc) is 3.33. The van der Waals surface area contributed by atoms with Crippen LogP contribution in [-0.2, 0) is 9.47 Å². The number of pyridine rings is 5. The third kappa shape index (κ3) is 20.3. The maximum Gasteiger partial charge on any atom is 0.343 e. The van der Waals surface area contributed by atoms with Crippen LogP contribution in [0.1, 0.15) is 121 Å². The molecule has 0 unspecified atom stereocenters. The minimum atomic E-state index is -1.16. The maximum atomic E-state index is 11.4. The zero-order valence-electron chi connectivity index (χ0n) is 39.4. The van der Waals surface area contributed by atoms with Crippen LogP contribution in [0.15, 0.2) is 76.3 Å². The average molecular weight is 1110 g/mol. The van der Waals surface area contributed by atoms with Gasteiger partial charge in [0, 0.05) is 51.1 Å². The summed E-state index contributed by atoms with van der Waals surface area (Å²) in [4.78, 5) is 96.3. The van der Waals surface area contributed by atoms with Gasteiger partial charge in [-0.1, -0.05) is 0 Å². The lowest BCUT2D eigenvalue weighted by Crippen LogP contribution is -2.09. The summed E-state index contributed by atoms with van der Waals surface area (Å²) in [6.45, 7) is 13.6. The van der Waals surface area contributed by atoms with Gasteiger partial charge in [0.15, 0.2) is 11.6 Å². The van der Waals surface area contributed by atoms with Gasteiger partial charge >= 0.3 is 29.8 Å². The second-order valence-corrected chi connectivity index (χ2v) is 14.5. The number of aromatic carboxylic acids is 3. The highest BCUT2D eigenvalue weighted by molar-refractivity contribution is 9.10. The molecule has 0 saturated heterocycles. The molecule has 0 aliphatic carbocycles. The van der Waals surface area contributed by atoms with E-state index in [0.29, 0.717) is 59.0 Å². The number of rotatable bonds is 17. The van der Waals surface area contributed by atoms with Crippen LogP contribution in [0.25, 0.3) is 0 Å². The fourth-order valence-corrected chi connectivity index (χ4v) is 5.44. The highest BCUT2D eigenvalue weighted by atomic mass is 79.9. The summed E-state index contributed by atoms with van der Waals surface area (Å²) in [7, 11) is 2.58. The first-order valence-corrected chi connectivity index (χ1v) is 22.1. The highest BCUT2D eigenvalue weighted by Gasteiger charge is 2.18. The summed E-state index contributed by atoms with van der Waals surface area (Å²) in [6, 6.07) is 8.78. The van der Waals surface area contributed by atoms with Crippen molar-refractivity contribution in [3.8, 4) is 29.4 Å². The number of aromatic nitrogens is 5. The molecule has 22 nitrogen and oxygen atoms in total. The van der Waals surface area contributed by atoms with Crippen LogP contribution < -0.4 is 23.7 Å². The van der Waals surface area contributed by atoms with Crippen molar-refractivity contribution >= 4 is 73.3 Å². The molecule has 0 amide bonds. The number of methoxy groups -OCH3 is 2. The second-order valence-electron chi connectivity index (χ2n) is 12.7. The Bertz CT molecular complexity index is 2580. The molecule has 5 rings (SSSR count). The van der Waals surface area contributed by atoms with E-state index >= 15 is 0 Å². The fraction of sp³-hybridized carbons (Fsp3) is 0.304. The zero-order chi connectivity index (χ0) is 52.9. The number of nitrogens with zero attached hydrogens (tertiary/aromatic N) is 5. The van der Waals surface area contributed by atoms with Crippen molar-refractivity contribution in [2.75, 3.05) is 47.3 Å². The van der Waals surface area contributed by atoms with E-state index in [2.05, 4.69) is 66.3 Å². The first-order valence-electron chi connectivity index (χ1n) is 20.5. The molecule has 70 heavy (non-hydrogen) atoms. The van der Waals surface area contributed by atoms with E-state index in [1.54, 1.807) is 46.0 Å². The Hall–Kier alpha value is -7.60. The molecule has 0 atom stereocenters. The smallest absolute Gasteiger partial charge is 0.343 e. The van der Waals surface area contributed by atoms with E-state index < -0.39 is 29.8 Å². The van der Waals surface area contributed by atoms with Crippen LogP contribution in [0.3, 0.4) is 0 Å². The molecule has 0 fully saturated rings. The van der Waals surface area contributed by atoms with Crippen molar-refractivity contribution < 1.29 is 82.0 Å². The number of carboxylic acid groups (broad SMARTS) is 3. The predicted molar refractivity (Wildman–Crippen MR) is 256 cm³/mol. The number of esters is 2. The largest absolute Gasteiger partial charge is 0.477 e. The van der Waals surface area contributed by atoms with Gasteiger partial charge in [0.1, 0.15) is 27.8 Å². The number of halogens is 2. The standard InChI is InChI=1S/C11H13NO4.C10H11NO4.C9H10BrNO3.C8H8BrNO3.C8H9NO3/c1-4-16-10-9(11(14)15-3)5-8(6-12-10)7(2)13;1-3-15-9-8(10(13)14)4-7(5-11-9)6(2)12;1-3-14-8-7(9(12)13-2)4-6(10)5-11-8;1-2-13-7-6(8(11)12)3-5(9)4-10-7;1-2-12-7-6(8(10)11)4-3-5-9-7/h5-6H,4H2,1-3H3;4-5H,3H2,1-2H3,(H,13,14);4-5H,3H2,1-2H3;3-4H,2H2,1H3,(H,11,12);3-5H,2H2,1H3,(H,10,11). The summed E-state index contributed by atoms with van der Waals surface area (Å²) < 4.78 is 35.9. The maximum absolute atomic E-state index is 11.4. The Labute approximate surface area is 418 Å². The van der Waals surface area contributed by atoms with Gasteiger partial charge in [-0.25, -0.2) is 48.9 Å². The number of carbonyl (C=O) groups excluding carboxylic acids is 4. The van der Waals surface area contributed by atoms with Crippen LogP contribution in [0.4, 0.5) is 0 Å². The molecule has 0 aliphatic rings. The molecule has 0 saturated carbocycles. The summed E-state index contributed by atoms with van der Waals surface area (Å²) >= 11 is 6.35. The van der Waals surface area contributed by atoms with Gasteiger partial charge in [-0.3, -0.25) is 9.59 Å². The van der Waals surface area contributed by atoms with Crippen LogP contribution in [0.2, 0.25) is 0 Å². The molecule has 0 radical (unpaired) electrons. The molecular weight excluding hydrogens is 1050 g/mol. The Morgan fingerprint density at radius 1 is 0.457 bits per heavy atom. The van der Waals surface area contributed by atoms with E-state index in [4.69, 9.17) is 39.0 Å². The number of Topliss-reactive ketones (excluding diaryl/α,β-unsaturated/α-hetero) is 2. The molecule has 0 aliphatic heterocycles. The SMILES string of the molecule is CCOc1ncc(Br)cc1C(=O)O.CCOc1ncc(Br)cc1C(=O)OC.CCOc1ncc(C(C)=O)cc1C(=O)O.CCOc1ncc(C(C)=O)cc1C(=O)OC.CCOc1ncccc1C(=O)O. The molecule has 0 spiro atoms. The number of carbonyl (C=O) groups is 7. The normalized spacial score (nSPS) is 9.64. The van der Waals surface area contributed by atoms with Crippen LogP contribution >= 0.6 is 31.9 Å². The highest BCUT2D eigenvalue weighted by Crippen LogP contribution is 2.22. The second kappa shape index (κ2) is 32.2. The Kier molecular flexibility index (Phi) is 27.8. The van der Waals surface area contributed by atoms with Crippen LogP contribution in [0.5, 0.6) is 29.4 Å². The molecule has 0 aromatic carbocycles. The number of carboxylic acids is 3. The van der Waals surface area contributed by atoms with Gasteiger partial charge in [-0.05, 0) is 117 Å². The van der Waals surface area contributed by atoms with Crippen molar-refractivity contribution in [3.63, 3.8) is 0 Å². The van der Waals surface area contributed by atoms with Gasteiger partial charge in [0.25, 0.3) is 0 Å². The third-order valence-electron chi connectivity index (χ3n) is 7.83. The van der Waals surface area contributed by atoms with E-state index in [1.807, 2.05) is 6.92 Å².